The zero-order valence-electron chi connectivity index (χ0n) is 17.2. The van der Waals surface area contributed by atoms with Gasteiger partial charge in [0.25, 0.3) is 0 Å². The number of carbonyl (C=O) groups is 2. The first kappa shape index (κ1) is 21.0. The standard InChI is InChI=1S/C24H29FN2O2/c1-17-7-3-4-8-20(17)15-23(28)27(16-19-11-13-21(25)14-12-19)18(2)24(29)26-22-9-5-6-10-22/h3-4,7-8,11-14,18,22H,5-6,9-10,15-16H2,1-2H3,(H,26,29)/t18-/m0/s1. The molecule has 3 rings (SSSR count). The maximum absolute atomic E-state index is 13.3. The third-order valence-electron chi connectivity index (χ3n) is 5.74. The van der Waals surface area contributed by atoms with Crippen LogP contribution in [0, 0.1) is 12.7 Å². The minimum absolute atomic E-state index is 0.113. The molecule has 4 nitrogen and oxygen atoms in total. The Morgan fingerprint density at radius 1 is 1.10 bits per heavy atom. The molecule has 1 aliphatic carbocycles. The van der Waals surface area contributed by atoms with Crippen molar-refractivity contribution in [2.24, 2.45) is 0 Å². The van der Waals surface area contributed by atoms with E-state index in [2.05, 4.69) is 5.32 Å². The van der Waals surface area contributed by atoms with Gasteiger partial charge in [0, 0.05) is 12.6 Å². The molecule has 0 bridgehead atoms. The molecule has 1 aliphatic rings. The third-order valence-corrected chi connectivity index (χ3v) is 5.74. The predicted molar refractivity (Wildman–Crippen MR) is 112 cm³/mol. The molecule has 0 aromatic heterocycles. The lowest BCUT2D eigenvalue weighted by molar-refractivity contribution is -0.140. The van der Waals surface area contributed by atoms with Gasteiger partial charge in [-0.3, -0.25) is 9.59 Å². The zero-order valence-corrected chi connectivity index (χ0v) is 17.2. The van der Waals surface area contributed by atoms with Crippen LogP contribution >= 0.6 is 0 Å². The largest absolute Gasteiger partial charge is 0.352 e. The minimum Gasteiger partial charge on any atom is -0.352 e. The van der Waals surface area contributed by atoms with Crippen molar-refractivity contribution in [1.82, 2.24) is 10.2 Å². The van der Waals surface area contributed by atoms with Crippen molar-refractivity contribution >= 4 is 11.8 Å². The van der Waals surface area contributed by atoms with Crippen molar-refractivity contribution in [3.63, 3.8) is 0 Å². The Labute approximate surface area is 172 Å². The molecule has 154 valence electrons. The molecule has 29 heavy (non-hydrogen) atoms. The van der Waals surface area contributed by atoms with Crippen LogP contribution in [0.5, 0.6) is 0 Å². The summed E-state index contributed by atoms with van der Waals surface area (Å²) in [5.74, 6) is -0.562. The molecule has 0 unspecified atom stereocenters. The van der Waals surface area contributed by atoms with Gasteiger partial charge >= 0.3 is 0 Å². The molecule has 0 aliphatic heterocycles. The van der Waals surface area contributed by atoms with Crippen molar-refractivity contribution in [2.75, 3.05) is 0 Å². The van der Waals surface area contributed by atoms with Gasteiger partial charge in [0.2, 0.25) is 11.8 Å². The SMILES string of the molecule is Cc1ccccc1CC(=O)N(Cc1ccc(F)cc1)[C@@H](C)C(=O)NC1CCCC1. The van der Waals surface area contributed by atoms with Gasteiger partial charge in [-0.15, -0.1) is 0 Å². The van der Waals surface area contributed by atoms with E-state index in [1.165, 1.54) is 12.1 Å². The fourth-order valence-corrected chi connectivity index (χ4v) is 3.83. The number of amides is 2. The maximum atomic E-state index is 13.3. The molecule has 1 atom stereocenters. The van der Waals surface area contributed by atoms with Crippen molar-refractivity contribution in [2.45, 2.75) is 64.6 Å². The Morgan fingerprint density at radius 2 is 1.76 bits per heavy atom. The lowest BCUT2D eigenvalue weighted by atomic mass is 10.0. The second-order valence-electron chi connectivity index (χ2n) is 7.92. The van der Waals surface area contributed by atoms with E-state index in [-0.39, 0.29) is 36.6 Å². The van der Waals surface area contributed by atoms with E-state index in [0.717, 1.165) is 42.4 Å². The molecule has 1 fully saturated rings. The average Bonchev–Trinajstić information content (AvgIpc) is 3.21. The lowest BCUT2D eigenvalue weighted by Crippen LogP contribution is -2.50. The number of benzene rings is 2. The Balaban J connectivity index is 1.77. The van der Waals surface area contributed by atoms with Gasteiger partial charge < -0.3 is 10.2 Å². The normalized spacial score (nSPS) is 15.1. The number of aryl methyl sites for hydroxylation is 1. The van der Waals surface area contributed by atoms with Crippen LogP contribution in [0.25, 0.3) is 0 Å². The van der Waals surface area contributed by atoms with Crippen LogP contribution in [0.2, 0.25) is 0 Å². The first-order valence-electron chi connectivity index (χ1n) is 10.3. The van der Waals surface area contributed by atoms with Gasteiger partial charge in [-0.1, -0.05) is 49.2 Å². The Hall–Kier alpha value is -2.69. The molecule has 0 saturated heterocycles. The fourth-order valence-electron chi connectivity index (χ4n) is 3.83. The van der Waals surface area contributed by atoms with E-state index in [4.69, 9.17) is 0 Å². The molecule has 0 spiro atoms. The van der Waals surface area contributed by atoms with E-state index in [9.17, 15) is 14.0 Å². The lowest BCUT2D eigenvalue weighted by Gasteiger charge is -2.30. The number of nitrogens with zero attached hydrogens (tertiary/aromatic N) is 1. The predicted octanol–water partition coefficient (Wildman–Crippen LogP) is 4.15. The van der Waals surface area contributed by atoms with Gasteiger partial charge in [-0.2, -0.15) is 0 Å². The zero-order chi connectivity index (χ0) is 20.8. The van der Waals surface area contributed by atoms with E-state index in [1.54, 1.807) is 24.0 Å². The van der Waals surface area contributed by atoms with Crippen LogP contribution < -0.4 is 5.32 Å². The molecule has 2 aromatic carbocycles. The third kappa shape index (κ3) is 5.66. The fraction of sp³-hybridized carbons (Fsp3) is 0.417. The van der Waals surface area contributed by atoms with Crippen molar-refractivity contribution in [1.29, 1.82) is 0 Å². The molecular weight excluding hydrogens is 367 g/mol. The van der Waals surface area contributed by atoms with Crippen LogP contribution in [0.3, 0.4) is 0 Å². The summed E-state index contributed by atoms with van der Waals surface area (Å²) in [4.78, 5) is 27.6. The van der Waals surface area contributed by atoms with Crippen LogP contribution in [-0.2, 0) is 22.6 Å². The highest BCUT2D eigenvalue weighted by molar-refractivity contribution is 5.88. The Kier molecular flexibility index (Phi) is 7.02. The minimum atomic E-state index is -0.600. The average molecular weight is 397 g/mol. The number of nitrogens with one attached hydrogen (secondary N) is 1. The second kappa shape index (κ2) is 9.68. The first-order chi connectivity index (χ1) is 13.9. The van der Waals surface area contributed by atoms with Crippen molar-refractivity contribution < 1.29 is 14.0 Å². The molecule has 5 heteroatoms. The highest BCUT2D eigenvalue weighted by Gasteiger charge is 2.28. The molecule has 1 saturated carbocycles. The highest BCUT2D eigenvalue weighted by atomic mass is 19.1. The quantitative estimate of drug-likeness (QED) is 0.764. The number of hydrogen-bond donors (Lipinski definition) is 1. The maximum Gasteiger partial charge on any atom is 0.242 e. The van der Waals surface area contributed by atoms with Crippen LogP contribution in [0.4, 0.5) is 4.39 Å². The van der Waals surface area contributed by atoms with Gasteiger partial charge in [0.05, 0.1) is 6.42 Å². The highest BCUT2D eigenvalue weighted by Crippen LogP contribution is 2.19. The summed E-state index contributed by atoms with van der Waals surface area (Å²) in [7, 11) is 0. The van der Waals surface area contributed by atoms with Crippen LogP contribution in [0.1, 0.15) is 49.3 Å². The van der Waals surface area contributed by atoms with Crippen molar-refractivity contribution in [3.05, 3.63) is 71.0 Å². The van der Waals surface area contributed by atoms with E-state index < -0.39 is 6.04 Å². The van der Waals surface area contributed by atoms with Gasteiger partial charge in [0.1, 0.15) is 11.9 Å². The number of halogens is 1. The second-order valence-corrected chi connectivity index (χ2v) is 7.92. The summed E-state index contributed by atoms with van der Waals surface area (Å²) in [5, 5.41) is 3.09. The Morgan fingerprint density at radius 3 is 2.41 bits per heavy atom. The van der Waals surface area contributed by atoms with Gasteiger partial charge in [-0.25, -0.2) is 4.39 Å². The molecule has 0 heterocycles. The van der Waals surface area contributed by atoms with E-state index >= 15 is 0 Å². The van der Waals surface area contributed by atoms with E-state index in [0.29, 0.717) is 0 Å². The summed E-state index contributed by atoms with van der Waals surface area (Å²) >= 11 is 0. The topological polar surface area (TPSA) is 49.4 Å². The molecule has 2 aromatic rings. The monoisotopic (exact) mass is 396 g/mol. The summed E-state index contributed by atoms with van der Waals surface area (Å²) in [6.45, 7) is 4.01. The van der Waals surface area contributed by atoms with Crippen molar-refractivity contribution in [3.8, 4) is 0 Å². The summed E-state index contributed by atoms with van der Waals surface area (Å²) in [5.41, 5.74) is 2.79. The summed E-state index contributed by atoms with van der Waals surface area (Å²) in [6, 6.07) is 13.4. The van der Waals surface area contributed by atoms with Gasteiger partial charge in [-0.05, 0) is 55.5 Å². The van der Waals surface area contributed by atoms with Gasteiger partial charge in [0.15, 0.2) is 0 Å². The first-order valence-corrected chi connectivity index (χ1v) is 10.3. The van der Waals surface area contributed by atoms with E-state index in [1.807, 2.05) is 31.2 Å². The van der Waals surface area contributed by atoms with Crippen LogP contribution in [-0.4, -0.2) is 28.8 Å². The summed E-state index contributed by atoms with van der Waals surface area (Å²) < 4.78 is 13.3. The Bertz CT molecular complexity index is 844. The molecule has 2 amide bonds. The molecular formula is C24H29FN2O2. The summed E-state index contributed by atoms with van der Waals surface area (Å²) in [6.07, 6.45) is 4.48. The van der Waals surface area contributed by atoms with Crippen LogP contribution in [0.15, 0.2) is 48.5 Å². The molecule has 0 radical (unpaired) electrons. The molecule has 1 N–H and O–H groups in total. The smallest absolute Gasteiger partial charge is 0.242 e. The number of hydrogen-bond acceptors (Lipinski definition) is 2. The number of carbonyl (C=O) groups excluding carboxylic acids is 2. The number of rotatable bonds is 7.